The summed E-state index contributed by atoms with van der Waals surface area (Å²) in [6.07, 6.45) is 0.675. The molecule has 0 aliphatic carbocycles. The molecule has 2 amide bonds. The summed E-state index contributed by atoms with van der Waals surface area (Å²) in [4.78, 5) is 20.6. The van der Waals surface area contributed by atoms with Crippen molar-refractivity contribution in [2.24, 2.45) is 0 Å². The van der Waals surface area contributed by atoms with Gasteiger partial charge in [-0.2, -0.15) is 0 Å². The first-order chi connectivity index (χ1) is 12.6. The van der Waals surface area contributed by atoms with Crippen molar-refractivity contribution < 1.29 is 9.90 Å². The monoisotopic (exact) mass is 348 g/mol. The Morgan fingerprint density at radius 3 is 2.19 bits per heavy atom. The van der Waals surface area contributed by atoms with Gasteiger partial charge >= 0.3 is 6.03 Å². The van der Waals surface area contributed by atoms with Crippen molar-refractivity contribution in [2.45, 2.75) is 19.1 Å². The van der Waals surface area contributed by atoms with Gasteiger partial charge in [-0.25, -0.2) is 14.8 Å². The number of carbonyl (C=O) groups excluding carboxylic acids is 1. The molecule has 26 heavy (non-hydrogen) atoms. The van der Waals surface area contributed by atoms with Crippen molar-refractivity contribution >= 4 is 12.0 Å². The zero-order valence-electron chi connectivity index (χ0n) is 14.3. The van der Waals surface area contributed by atoms with Crippen LogP contribution in [0.25, 0.3) is 0 Å². The van der Waals surface area contributed by atoms with Crippen LogP contribution in [0.3, 0.4) is 0 Å². The number of benzene rings is 2. The van der Waals surface area contributed by atoms with Gasteiger partial charge in [0.2, 0.25) is 5.95 Å². The number of aromatic nitrogens is 2. The lowest BCUT2D eigenvalue weighted by Gasteiger charge is -2.25. The van der Waals surface area contributed by atoms with Crippen LogP contribution in [0.2, 0.25) is 0 Å². The Labute approximate surface area is 152 Å². The number of amides is 2. The van der Waals surface area contributed by atoms with Crippen LogP contribution in [0.15, 0.2) is 72.9 Å². The van der Waals surface area contributed by atoms with Crippen LogP contribution in [0.5, 0.6) is 0 Å². The molecule has 2 atom stereocenters. The van der Waals surface area contributed by atoms with Gasteiger partial charge in [0.1, 0.15) is 6.10 Å². The first-order valence-electron chi connectivity index (χ1n) is 8.28. The molecule has 3 rings (SSSR count). The number of hydrogen-bond acceptors (Lipinski definition) is 4. The summed E-state index contributed by atoms with van der Waals surface area (Å²) in [5.74, 6) is 0.212. The van der Waals surface area contributed by atoms with E-state index in [0.29, 0.717) is 5.56 Å². The molecule has 6 heteroatoms. The first-order valence-corrected chi connectivity index (χ1v) is 8.28. The SMILES string of the molecule is Cc1ccnc(NC(=O)N[C@H](c2ccccc2)[C@@H](O)c2ccccc2)n1. The molecule has 1 aromatic heterocycles. The van der Waals surface area contributed by atoms with Crippen molar-refractivity contribution in [2.75, 3.05) is 5.32 Å². The van der Waals surface area contributed by atoms with Gasteiger partial charge < -0.3 is 10.4 Å². The summed E-state index contributed by atoms with van der Waals surface area (Å²) in [5, 5.41) is 16.2. The first kappa shape index (κ1) is 17.6. The maximum Gasteiger partial charge on any atom is 0.322 e. The van der Waals surface area contributed by atoms with Gasteiger partial charge in [-0.05, 0) is 24.1 Å². The third-order valence-corrected chi connectivity index (χ3v) is 3.92. The molecule has 1 heterocycles. The van der Waals surface area contributed by atoms with E-state index in [-0.39, 0.29) is 5.95 Å². The molecule has 0 aliphatic rings. The van der Waals surface area contributed by atoms with Gasteiger partial charge in [0, 0.05) is 11.9 Å². The third kappa shape index (κ3) is 4.43. The average Bonchev–Trinajstić information content (AvgIpc) is 2.67. The van der Waals surface area contributed by atoms with Crippen LogP contribution in [-0.2, 0) is 0 Å². The molecule has 0 aliphatic heterocycles. The van der Waals surface area contributed by atoms with Crippen molar-refractivity contribution in [3.8, 4) is 0 Å². The summed E-state index contributed by atoms with van der Waals surface area (Å²) in [6.45, 7) is 1.82. The Bertz CT molecular complexity index is 856. The Balaban J connectivity index is 1.81. The summed E-state index contributed by atoms with van der Waals surface area (Å²) >= 11 is 0. The molecule has 0 radical (unpaired) electrons. The highest BCUT2D eigenvalue weighted by molar-refractivity contribution is 5.87. The van der Waals surface area contributed by atoms with E-state index in [2.05, 4.69) is 20.6 Å². The third-order valence-electron chi connectivity index (χ3n) is 3.92. The zero-order chi connectivity index (χ0) is 18.4. The normalized spacial score (nSPS) is 12.8. The lowest BCUT2D eigenvalue weighted by atomic mass is 9.96. The number of aryl methyl sites for hydroxylation is 1. The van der Waals surface area contributed by atoms with E-state index >= 15 is 0 Å². The maximum absolute atomic E-state index is 12.4. The molecular formula is C20H20N4O2. The standard InChI is InChI=1S/C20H20N4O2/c1-14-12-13-21-19(22-14)24-20(26)23-17(15-8-4-2-5-9-15)18(25)16-10-6-3-7-11-16/h2-13,17-18,25H,1H3,(H2,21,22,23,24,26)/t17-,18+/m1/s1. The number of carbonyl (C=O) groups is 1. The lowest BCUT2D eigenvalue weighted by Crippen LogP contribution is -2.36. The van der Waals surface area contributed by atoms with Crippen molar-refractivity contribution in [3.63, 3.8) is 0 Å². The quantitative estimate of drug-likeness (QED) is 0.660. The second kappa shape index (κ2) is 8.22. The van der Waals surface area contributed by atoms with Gasteiger partial charge in [-0.3, -0.25) is 5.32 Å². The largest absolute Gasteiger partial charge is 0.386 e. The van der Waals surface area contributed by atoms with E-state index in [1.54, 1.807) is 12.3 Å². The van der Waals surface area contributed by atoms with Crippen molar-refractivity contribution in [1.29, 1.82) is 0 Å². The minimum atomic E-state index is -0.900. The molecule has 132 valence electrons. The number of anilines is 1. The molecule has 3 N–H and O–H groups in total. The molecule has 0 saturated heterocycles. The van der Waals surface area contributed by atoms with Gasteiger partial charge in [0.25, 0.3) is 0 Å². The number of rotatable bonds is 5. The Morgan fingerprint density at radius 1 is 0.962 bits per heavy atom. The summed E-state index contributed by atoms with van der Waals surface area (Å²) in [7, 11) is 0. The molecule has 6 nitrogen and oxygen atoms in total. The van der Waals surface area contributed by atoms with E-state index in [4.69, 9.17) is 0 Å². The fraction of sp³-hybridized carbons (Fsp3) is 0.150. The number of aliphatic hydroxyl groups excluding tert-OH is 1. The molecule has 0 fully saturated rings. The second-order valence-corrected chi connectivity index (χ2v) is 5.86. The fourth-order valence-electron chi connectivity index (χ4n) is 2.64. The minimum Gasteiger partial charge on any atom is -0.386 e. The molecule has 3 aromatic rings. The second-order valence-electron chi connectivity index (χ2n) is 5.86. The van der Waals surface area contributed by atoms with Gasteiger partial charge in [0.15, 0.2) is 0 Å². The van der Waals surface area contributed by atoms with Crippen LogP contribution in [0, 0.1) is 6.92 Å². The van der Waals surface area contributed by atoms with Crippen LogP contribution in [0.4, 0.5) is 10.7 Å². The number of urea groups is 1. The molecular weight excluding hydrogens is 328 g/mol. The molecule has 0 unspecified atom stereocenters. The Hall–Kier alpha value is -3.25. The molecule has 0 saturated carbocycles. The number of nitrogens with one attached hydrogen (secondary N) is 2. The van der Waals surface area contributed by atoms with Crippen LogP contribution < -0.4 is 10.6 Å². The van der Waals surface area contributed by atoms with Crippen molar-refractivity contribution in [1.82, 2.24) is 15.3 Å². The highest BCUT2D eigenvalue weighted by Gasteiger charge is 2.24. The maximum atomic E-state index is 12.4. The van der Waals surface area contributed by atoms with E-state index in [1.807, 2.05) is 67.6 Å². The number of aliphatic hydroxyl groups is 1. The highest BCUT2D eigenvalue weighted by atomic mass is 16.3. The van der Waals surface area contributed by atoms with E-state index < -0.39 is 18.2 Å². The van der Waals surface area contributed by atoms with Gasteiger partial charge in [-0.15, -0.1) is 0 Å². The predicted octanol–water partition coefficient (Wildman–Crippen LogP) is 3.38. The Morgan fingerprint density at radius 2 is 1.58 bits per heavy atom. The van der Waals surface area contributed by atoms with Gasteiger partial charge in [0.05, 0.1) is 6.04 Å². The molecule has 2 aromatic carbocycles. The molecule has 0 spiro atoms. The van der Waals surface area contributed by atoms with Gasteiger partial charge in [-0.1, -0.05) is 60.7 Å². The summed E-state index contributed by atoms with van der Waals surface area (Å²) in [5.41, 5.74) is 2.26. The smallest absolute Gasteiger partial charge is 0.322 e. The van der Waals surface area contributed by atoms with E-state index in [1.165, 1.54) is 0 Å². The predicted molar refractivity (Wildman–Crippen MR) is 99.5 cm³/mol. The summed E-state index contributed by atoms with van der Waals surface area (Å²) in [6, 6.07) is 19.2. The molecule has 0 bridgehead atoms. The van der Waals surface area contributed by atoms with Crippen LogP contribution >= 0.6 is 0 Å². The number of hydrogen-bond donors (Lipinski definition) is 3. The minimum absolute atomic E-state index is 0.212. The zero-order valence-corrected chi connectivity index (χ0v) is 14.3. The van der Waals surface area contributed by atoms with E-state index in [9.17, 15) is 9.90 Å². The fourth-order valence-corrected chi connectivity index (χ4v) is 2.64. The van der Waals surface area contributed by atoms with Crippen molar-refractivity contribution in [3.05, 3.63) is 89.7 Å². The van der Waals surface area contributed by atoms with Crippen LogP contribution in [0.1, 0.15) is 29.0 Å². The lowest BCUT2D eigenvalue weighted by molar-refractivity contribution is 0.132. The Kier molecular flexibility index (Phi) is 5.56. The van der Waals surface area contributed by atoms with Crippen LogP contribution in [-0.4, -0.2) is 21.1 Å². The average molecular weight is 348 g/mol. The van der Waals surface area contributed by atoms with E-state index in [0.717, 1.165) is 11.3 Å². The topological polar surface area (TPSA) is 87.1 Å². The highest BCUT2D eigenvalue weighted by Crippen LogP contribution is 2.28. The number of nitrogens with zero attached hydrogens (tertiary/aromatic N) is 2. The summed E-state index contributed by atoms with van der Waals surface area (Å²) < 4.78 is 0.